The van der Waals surface area contributed by atoms with Crippen molar-refractivity contribution in [1.82, 2.24) is 14.8 Å². The molecule has 3 aromatic carbocycles. The number of carbonyl (C=O) groups is 1. The molecule has 0 saturated heterocycles. The van der Waals surface area contributed by atoms with Crippen molar-refractivity contribution in [3.05, 3.63) is 82.2 Å². The van der Waals surface area contributed by atoms with Crippen LogP contribution in [-0.2, 0) is 18.4 Å². The van der Waals surface area contributed by atoms with Crippen molar-refractivity contribution in [1.29, 1.82) is 0 Å². The first-order valence-electron chi connectivity index (χ1n) is 10.1. The smallest absolute Gasteiger partial charge is 0.269 e. The summed E-state index contributed by atoms with van der Waals surface area (Å²) in [4.78, 5) is 22.7. The number of aromatic nitrogens is 3. The number of aryl methyl sites for hydroxylation is 1. The first-order valence-corrected chi connectivity index (χ1v) is 11.1. The van der Waals surface area contributed by atoms with Gasteiger partial charge in [-0.05, 0) is 41.5 Å². The highest BCUT2D eigenvalue weighted by Crippen LogP contribution is 2.23. The number of anilines is 1. The number of carbonyl (C=O) groups excluding carboxylic acids is 1. The van der Waals surface area contributed by atoms with Crippen LogP contribution in [0, 0.1) is 17.0 Å². The molecular weight excluding hydrogens is 442 g/mol. The van der Waals surface area contributed by atoms with E-state index >= 15 is 0 Å². The van der Waals surface area contributed by atoms with Gasteiger partial charge in [-0.15, -0.1) is 10.2 Å². The maximum atomic E-state index is 12.3. The molecule has 4 aromatic rings. The highest BCUT2D eigenvalue weighted by Gasteiger charge is 2.14. The number of nitrogens with zero attached hydrogens (tertiary/aromatic N) is 4. The number of rotatable bonds is 8. The molecule has 0 aliphatic heterocycles. The Bertz CT molecular complexity index is 1340. The molecule has 33 heavy (non-hydrogen) atoms. The van der Waals surface area contributed by atoms with E-state index in [1.54, 1.807) is 11.5 Å². The first kappa shape index (κ1) is 22.3. The van der Waals surface area contributed by atoms with Gasteiger partial charge in [0.2, 0.25) is 5.91 Å². The van der Waals surface area contributed by atoms with E-state index in [2.05, 4.69) is 15.5 Å². The Labute approximate surface area is 193 Å². The number of thioether (sulfide) groups is 1. The summed E-state index contributed by atoms with van der Waals surface area (Å²) < 4.78 is 7.67. The highest BCUT2D eigenvalue weighted by molar-refractivity contribution is 7.99. The van der Waals surface area contributed by atoms with E-state index in [0.717, 1.165) is 16.5 Å². The fraction of sp³-hybridized carbons (Fsp3) is 0.174. The molecular formula is C23H21N5O4S. The van der Waals surface area contributed by atoms with Crippen LogP contribution in [0.1, 0.15) is 11.4 Å². The third kappa shape index (κ3) is 5.29. The van der Waals surface area contributed by atoms with E-state index in [1.165, 1.54) is 30.0 Å². The number of nitro groups is 1. The summed E-state index contributed by atoms with van der Waals surface area (Å²) in [6, 6.07) is 18.3. The maximum Gasteiger partial charge on any atom is 0.269 e. The van der Waals surface area contributed by atoms with Gasteiger partial charge in [0.25, 0.3) is 5.69 Å². The van der Waals surface area contributed by atoms with E-state index in [0.29, 0.717) is 22.2 Å². The number of non-ortho nitro benzene ring substituents is 1. The lowest BCUT2D eigenvalue weighted by molar-refractivity contribution is -0.384. The molecule has 1 heterocycles. The normalized spacial score (nSPS) is 10.8. The van der Waals surface area contributed by atoms with Gasteiger partial charge in [0, 0.05) is 24.9 Å². The van der Waals surface area contributed by atoms with Gasteiger partial charge in [-0.1, -0.05) is 42.1 Å². The number of benzene rings is 3. The summed E-state index contributed by atoms with van der Waals surface area (Å²) in [5.74, 6) is 1.25. The molecule has 0 radical (unpaired) electrons. The van der Waals surface area contributed by atoms with Crippen molar-refractivity contribution in [2.75, 3.05) is 11.1 Å². The fourth-order valence-corrected chi connectivity index (χ4v) is 3.95. The molecule has 1 amide bonds. The molecule has 168 valence electrons. The Hall–Kier alpha value is -3.92. The Balaban J connectivity index is 1.33. The number of amides is 1. The third-order valence-corrected chi connectivity index (χ3v) is 6.06. The molecule has 1 aromatic heterocycles. The average Bonchev–Trinajstić information content (AvgIpc) is 3.16. The SMILES string of the molecule is Cc1cc([N+](=O)[O-])ccc1NC(=O)CSc1nnc(COc2ccc3ccccc3c2)n1C. The molecule has 4 rings (SSSR count). The number of ether oxygens (including phenoxy) is 1. The van der Waals surface area contributed by atoms with Gasteiger partial charge in [-0.3, -0.25) is 14.9 Å². The summed E-state index contributed by atoms with van der Waals surface area (Å²) in [6.07, 6.45) is 0. The molecule has 10 heteroatoms. The van der Waals surface area contributed by atoms with E-state index in [1.807, 2.05) is 49.5 Å². The lowest BCUT2D eigenvalue weighted by Gasteiger charge is -2.09. The van der Waals surface area contributed by atoms with Crippen LogP contribution in [-0.4, -0.2) is 31.3 Å². The fourth-order valence-electron chi connectivity index (χ4n) is 3.22. The minimum atomic E-state index is -0.468. The molecule has 0 atom stereocenters. The van der Waals surface area contributed by atoms with Crippen molar-refractivity contribution in [2.24, 2.45) is 7.05 Å². The zero-order chi connectivity index (χ0) is 23.4. The van der Waals surface area contributed by atoms with Crippen molar-refractivity contribution in [2.45, 2.75) is 18.7 Å². The first-order chi connectivity index (χ1) is 15.9. The zero-order valence-electron chi connectivity index (χ0n) is 18.0. The second-order valence-corrected chi connectivity index (χ2v) is 8.29. The molecule has 0 unspecified atom stereocenters. The Morgan fingerprint density at radius 2 is 1.91 bits per heavy atom. The van der Waals surface area contributed by atoms with Gasteiger partial charge in [-0.25, -0.2) is 0 Å². The molecule has 0 aliphatic rings. The van der Waals surface area contributed by atoms with Crippen LogP contribution in [0.2, 0.25) is 0 Å². The van der Waals surface area contributed by atoms with Crippen LogP contribution in [0.5, 0.6) is 5.75 Å². The predicted octanol–water partition coefficient (Wildman–Crippen LogP) is 4.49. The van der Waals surface area contributed by atoms with Crippen LogP contribution < -0.4 is 10.1 Å². The van der Waals surface area contributed by atoms with Gasteiger partial charge in [0.15, 0.2) is 11.0 Å². The maximum absolute atomic E-state index is 12.3. The quantitative estimate of drug-likeness (QED) is 0.233. The van der Waals surface area contributed by atoms with Crippen LogP contribution in [0.15, 0.2) is 65.8 Å². The number of fused-ring (bicyclic) bond motifs is 1. The molecule has 0 fully saturated rings. The van der Waals surface area contributed by atoms with Crippen molar-refractivity contribution in [3.8, 4) is 5.75 Å². The average molecular weight is 464 g/mol. The summed E-state index contributed by atoms with van der Waals surface area (Å²) in [5.41, 5.74) is 1.14. The predicted molar refractivity (Wildman–Crippen MR) is 126 cm³/mol. The lowest BCUT2D eigenvalue weighted by Crippen LogP contribution is -2.15. The molecule has 0 spiro atoms. The summed E-state index contributed by atoms with van der Waals surface area (Å²) in [5, 5.41) is 24.8. The Morgan fingerprint density at radius 3 is 2.67 bits per heavy atom. The standard InChI is InChI=1S/C23H21N5O4S/c1-15-11-18(28(30)31)8-10-20(15)24-22(29)14-33-23-26-25-21(27(23)2)13-32-19-9-7-16-5-3-4-6-17(16)12-19/h3-12H,13-14H2,1-2H3,(H,24,29). The summed E-state index contributed by atoms with van der Waals surface area (Å²) >= 11 is 1.25. The van der Waals surface area contributed by atoms with E-state index in [-0.39, 0.29) is 24.0 Å². The molecule has 0 saturated carbocycles. The van der Waals surface area contributed by atoms with Gasteiger partial charge >= 0.3 is 0 Å². The van der Waals surface area contributed by atoms with Gasteiger partial charge in [0.1, 0.15) is 12.4 Å². The van der Waals surface area contributed by atoms with Gasteiger partial charge < -0.3 is 14.6 Å². The summed E-state index contributed by atoms with van der Waals surface area (Å²) in [7, 11) is 1.82. The Morgan fingerprint density at radius 1 is 1.12 bits per heavy atom. The van der Waals surface area contributed by atoms with Gasteiger partial charge in [0.05, 0.1) is 10.7 Å². The second kappa shape index (κ2) is 9.70. The third-order valence-electron chi connectivity index (χ3n) is 5.04. The number of nitro benzene ring substituents is 1. The molecule has 0 aliphatic carbocycles. The number of nitrogens with one attached hydrogen (secondary N) is 1. The van der Waals surface area contributed by atoms with Crippen LogP contribution >= 0.6 is 11.8 Å². The van der Waals surface area contributed by atoms with E-state index in [4.69, 9.17) is 4.74 Å². The minimum Gasteiger partial charge on any atom is -0.486 e. The van der Waals surface area contributed by atoms with Crippen LogP contribution in [0.3, 0.4) is 0 Å². The number of hydrogen-bond acceptors (Lipinski definition) is 7. The van der Waals surface area contributed by atoms with Crippen LogP contribution in [0.4, 0.5) is 11.4 Å². The van der Waals surface area contributed by atoms with Crippen LogP contribution in [0.25, 0.3) is 10.8 Å². The minimum absolute atomic E-state index is 0.0163. The lowest BCUT2D eigenvalue weighted by atomic mass is 10.1. The van der Waals surface area contributed by atoms with Crippen molar-refractivity contribution >= 4 is 39.8 Å². The highest BCUT2D eigenvalue weighted by atomic mass is 32.2. The number of hydrogen-bond donors (Lipinski definition) is 1. The topological polar surface area (TPSA) is 112 Å². The van der Waals surface area contributed by atoms with Crippen molar-refractivity contribution in [3.63, 3.8) is 0 Å². The summed E-state index contributed by atoms with van der Waals surface area (Å²) in [6.45, 7) is 1.96. The van der Waals surface area contributed by atoms with Crippen molar-refractivity contribution < 1.29 is 14.5 Å². The Kier molecular flexibility index (Phi) is 6.55. The second-order valence-electron chi connectivity index (χ2n) is 7.35. The molecule has 0 bridgehead atoms. The van der Waals surface area contributed by atoms with E-state index in [9.17, 15) is 14.9 Å². The zero-order valence-corrected chi connectivity index (χ0v) is 18.8. The monoisotopic (exact) mass is 463 g/mol. The largest absolute Gasteiger partial charge is 0.486 e. The van der Waals surface area contributed by atoms with Gasteiger partial charge in [-0.2, -0.15) is 0 Å². The molecule has 9 nitrogen and oxygen atoms in total. The van der Waals surface area contributed by atoms with E-state index < -0.39 is 4.92 Å². The molecule has 1 N–H and O–H groups in total.